The summed E-state index contributed by atoms with van der Waals surface area (Å²) in [5.41, 5.74) is -2.86. The van der Waals surface area contributed by atoms with Crippen LogP contribution in [0.2, 0.25) is 0 Å². The molecular weight excluding hydrogens is 565 g/mol. The molecule has 0 saturated heterocycles. The van der Waals surface area contributed by atoms with E-state index in [1.54, 1.807) is 12.2 Å². The monoisotopic (exact) mass is 608 g/mol. The molecule has 0 bridgehead atoms. The van der Waals surface area contributed by atoms with Crippen molar-refractivity contribution in [2.75, 3.05) is 5.75 Å². The van der Waals surface area contributed by atoms with Gasteiger partial charge in [0.2, 0.25) is 15.7 Å². The molecule has 0 heterocycles. The highest BCUT2D eigenvalue weighted by atomic mass is 32.2. The molecule has 232 valence electrons. The minimum Gasteiger partial charge on any atom is -0.307 e. The van der Waals surface area contributed by atoms with E-state index in [2.05, 4.69) is 37.3 Å². The van der Waals surface area contributed by atoms with Gasteiger partial charge in [-0.2, -0.15) is 13.2 Å². The number of nitrogens with zero attached hydrogens (tertiary/aromatic N) is 1. The largest absolute Gasteiger partial charge is 0.404 e. The van der Waals surface area contributed by atoms with E-state index in [4.69, 9.17) is 6.57 Å². The Morgan fingerprint density at radius 1 is 1.00 bits per heavy atom. The van der Waals surface area contributed by atoms with Crippen LogP contribution in [0, 0.1) is 51.4 Å². The zero-order chi connectivity index (χ0) is 31.5. The lowest BCUT2D eigenvalue weighted by Gasteiger charge is -2.69. The van der Waals surface area contributed by atoms with Gasteiger partial charge in [-0.15, -0.1) is 0 Å². The Bertz CT molecular complexity index is 1450. The van der Waals surface area contributed by atoms with Crippen LogP contribution >= 0.6 is 0 Å². The van der Waals surface area contributed by atoms with Gasteiger partial charge in [0.05, 0.1) is 6.57 Å². The zero-order valence-corrected chi connectivity index (χ0v) is 26.5. The Morgan fingerprint density at radius 3 is 2.21 bits per heavy atom. The number of sulfonamides is 1. The van der Waals surface area contributed by atoms with E-state index in [1.165, 1.54) is 0 Å². The molecule has 5 aliphatic carbocycles. The van der Waals surface area contributed by atoms with Gasteiger partial charge in [0.1, 0.15) is 0 Å². The second-order valence-corrected chi connectivity index (χ2v) is 17.6. The highest BCUT2D eigenvalue weighted by molar-refractivity contribution is 7.89. The molecule has 0 aromatic rings. The van der Waals surface area contributed by atoms with Crippen molar-refractivity contribution < 1.29 is 31.2 Å². The van der Waals surface area contributed by atoms with Crippen molar-refractivity contribution in [3.05, 3.63) is 34.8 Å². The number of Topliss-reactive ketones (excluding diaryl/α,β-unsaturated/α-hetero) is 1. The molecule has 3 fully saturated rings. The number of alkyl halides is 3. The number of carbonyl (C=O) groups is 2. The third-order valence-corrected chi connectivity index (χ3v) is 14.0. The molecule has 0 unspecified atom stereocenters. The summed E-state index contributed by atoms with van der Waals surface area (Å²) in [7, 11) is -4.69. The topological polar surface area (TPSA) is 84.7 Å². The Labute approximate surface area is 247 Å². The van der Waals surface area contributed by atoms with Crippen LogP contribution in [0.4, 0.5) is 13.2 Å². The molecule has 1 N–H and O–H groups in total. The summed E-state index contributed by atoms with van der Waals surface area (Å²) in [4.78, 5) is 31.3. The Balaban J connectivity index is 1.65. The smallest absolute Gasteiger partial charge is 0.307 e. The van der Waals surface area contributed by atoms with Gasteiger partial charge in [-0.3, -0.25) is 4.79 Å². The summed E-state index contributed by atoms with van der Waals surface area (Å²) in [6, 6.07) is 0. The average Bonchev–Trinajstić information content (AvgIpc) is 2.82. The number of nitrogens with one attached hydrogen (secondary N) is 1. The van der Waals surface area contributed by atoms with Crippen molar-refractivity contribution in [3.8, 4) is 0 Å². The van der Waals surface area contributed by atoms with Crippen LogP contribution in [0.1, 0.15) is 93.4 Å². The summed E-state index contributed by atoms with van der Waals surface area (Å²) < 4.78 is 68.1. The minimum atomic E-state index is -4.87. The first-order chi connectivity index (χ1) is 19.0. The van der Waals surface area contributed by atoms with Crippen molar-refractivity contribution in [2.45, 2.75) is 105 Å². The van der Waals surface area contributed by atoms with Gasteiger partial charge in [-0.25, -0.2) is 18.0 Å². The van der Waals surface area contributed by atoms with Gasteiger partial charge in [0.15, 0.2) is 17.3 Å². The quantitative estimate of drug-likeness (QED) is 0.358. The molecule has 7 atom stereocenters. The minimum absolute atomic E-state index is 0.0965. The number of rotatable bonds is 3. The summed E-state index contributed by atoms with van der Waals surface area (Å²) >= 11 is 0. The van der Waals surface area contributed by atoms with Gasteiger partial charge < -0.3 is 4.79 Å². The van der Waals surface area contributed by atoms with Crippen molar-refractivity contribution in [1.82, 2.24) is 4.72 Å². The van der Waals surface area contributed by atoms with Crippen molar-refractivity contribution in [2.24, 2.45) is 44.8 Å². The standard InChI is InChI=1S/C32H43F3N2O4S/c1-26(2)11-13-31(37-42(40,41)18-32(33,34)35)14-12-30(7)24(19(31)16-26)21(38)15-23-28(5)17-20(36-8)25(39)27(3,4)22(28)9-10-29(23,30)6/h15,17,19,22,24,37H,9-14,16,18H2,1-7H3/t19-,22-,24-,28-,29+,30+,31-/m0/s1. The number of halogens is 3. The van der Waals surface area contributed by atoms with E-state index >= 15 is 0 Å². The van der Waals surface area contributed by atoms with E-state index in [1.807, 2.05) is 20.8 Å². The SMILES string of the molecule is [C-]#[N+]C1=C[C@]2(C)C3=CC(=O)[C@@H]4[C@@H]5CC(C)(C)CC[C@]5(NS(=O)(=O)CC(F)(F)F)CC[C@@]4(C)[C@]3(C)CC[C@H]2C(C)(C)C1=O. The van der Waals surface area contributed by atoms with E-state index in [0.717, 1.165) is 18.4 Å². The summed E-state index contributed by atoms with van der Waals surface area (Å²) in [6.07, 6.45) is 2.43. The van der Waals surface area contributed by atoms with Crippen LogP contribution < -0.4 is 4.72 Å². The molecule has 0 aliphatic heterocycles. The van der Waals surface area contributed by atoms with Crippen LogP contribution in [0.5, 0.6) is 0 Å². The van der Waals surface area contributed by atoms with Crippen LogP contribution in [0.15, 0.2) is 23.4 Å². The molecule has 5 aliphatic rings. The fourth-order valence-corrected chi connectivity index (χ4v) is 11.8. The molecular formula is C32H43F3N2O4S. The first-order valence-electron chi connectivity index (χ1n) is 15.0. The van der Waals surface area contributed by atoms with E-state index in [9.17, 15) is 31.2 Å². The van der Waals surface area contributed by atoms with E-state index in [-0.39, 0.29) is 28.6 Å². The second-order valence-electron chi connectivity index (χ2n) is 15.9. The lowest BCUT2D eigenvalue weighted by Crippen LogP contribution is -2.70. The highest BCUT2D eigenvalue weighted by Gasteiger charge is 2.70. The highest BCUT2D eigenvalue weighted by Crippen LogP contribution is 2.73. The number of hydrogen-bond acceptors (Lipinski definition) is 4. The van der Waals surface area contributed by atoms with Gasteiger partial charge in [0.25, 0.3) is 0 Å². The first kappa shape index (κ1) is 31.4. The second kappa shape index (κ2) is 9.03. The fourth-order valence-electron chi connectivity index (χ4n) is 10.3. The number of hydrogen-bond donors (Lipinski definition) is 1. The maximum atomic E-state index is 14.4. The van der Waals surface area contributed by atoms with Crippen molar-refractivity contribution in [3.63, 3.8) is 0 Å². The van der Waals surface area contributed by atoms with Crippen LogP contribution in [0.25, 0.3) is 4.85 Å². The predicted octanol–water partition coefficient (Wildman–Crippen LogP) is 6.79. The summed E-state index contributed by atoms with van der Waals surface area (Å²) in [5, 5.41) is 0. The molecule has 0 aromatic heterocycles. The molecule has 3 saturated carbocycles. The molecule has 0 aromatic carbocycles. The van der Waals surface area contributed by atoms with E-state index in [0.29, 0.717) is 32.1 Å². The molecule has 42 heavy (non-hydrogen) atoms. The average molecular weight is 609 g/mol. The maximum absolute atomic E-state index is 14.4. The number of fused-ring (bicyclic) bond motifs is 7. The van der Waals surface area contributed by atoms with Crippen LogP contribution in [-0.2, 0) is 19.6 Å². The van der Waals surface area contributed by atoms with Gasteiger partial charge in [-0.1, -0.05) is 60.1 Å². The number of carbonyl (C=O) groups excluding carboxylic acids is 2. The third-order valence-electron chi connectivity index (χ3n) is 12.6. The van der Waals surface area contributed by atoms with Crippen molar-refractivity contribution >= 4 is 21.6 Å². The third kappa shape index (κ3) is 4.38. The van der Waals surface area contributed by atoms with Crippen LogP contribution in [0.3, 0.4) is 0 Å². The predicted molar refractivity (Wildman–Crippen MR) is 153 cm³/mol. The Morgan fingerprint density at radius 2 is 1.62 bits per heavy atom. The molecule has 5 rings (SSSR count). The Hall–Kier alpha value is -1.99. The lowest BCUT2D eigenvalue weighted by molar-refractivity contribution is -0.159. The lowest BCUT2D eigenvalue weighted by atomic mass is 9.35. The molecule has 0 amide bonds. The van der Waals surface area contributed by atoms with Crippen LogP contribution in [-0.4, -0.2) is 37.5 Å². The maximum Gasteiger partial charge on any atom is 0.404 e. The van der Waals surface area contributed by atoms with Gasteiger partial charge in [-0.05, 0) is 79.1 Å². The fraction of sp³-hybridized carbons (Fsp3) is 0.781. The normalized spacial score (nSPS) is 42.6. The Kier molecular flexibility index (Phi) is 6.76. The van der Waals surface area contributed by atoms with Crippen molar-refractivity contribution in [1.29, 1.82) is 0 Å². The van der Waals surface area contributed by atoms with Gasteiger partial charge >= 0.3 is 6.18 Å². The first-order valence-corrected chi connectivity index (χ1v) is 16.6. The molecule has 0 spiro atoms. The zero-order valence-electron chi connectivity index (χ0n) is 25.7. The number of allylic oxidation sites excluding steroid dienone is 4. The van der Waals surface area contributed by atoms with Gasteiger partial charge in [0, 0.05) is 22.3 Å². The molecule has 6 nitrogen and oxygen atoms in total. The summed E-state index contributed by atoms with van der Waals surface area (Å²) in [5.74, 6) is -3.38. The number of ketones is 2. The van der Waals surface area contributed by atoms with E-state index < -0.39 is 61.0 Å². The molecule has 10 heteroatoms. The molecule has 0 radical (unpaired) electrons. The summed E-state index contributed by atoms with van der Waals surface area (Å²) in [6.45, 7) is 22.0.